The lowest BCUT2D eigenvalue weighted by molar-refractivity contribution is -0.115. The van der Waals surface area contributed by atoms with Crippen LogP contribution in [0.15, 0.2) is 39.8 Å². The van der Waals surface area contributed by atoms with Crippen molar-refractivity contribution in [1.29, 1.82) is 0 Å². The van der Waals surface area contributed by atoms with Gasteiger partial charge in [-0.05, 0) is 30.0 Å². The van der Waals surface area contributed by atoms with E-state index in [2.05, 4.69) is 46.9 Å². The number of rotatable bonds is 7. The smallest absolute Gasteiger partial charge is 0.243 e. The highest BCUT2D eigenvalue weighted by Crippen LogP contribution is 2.13. The molecule has 148 valence electrons. The number of nitrogens with zero attached hydrogens (tertiary/aromatic N) is 2. The van der Waals surface area contributed by atoms with Gasteiger partial charge in [-0.15, -0.1) is 24.0 Å². The molecule has 0 saturated carbocycles. The third-order valence-corrected chi connectivity index (χ3v) is 3.86. The first kappa shape index (κ1) is 22.9. The molecule has 0 unspecified atom stereocenters. The molecule has 2 rings (SSSR count). The van der Waals surface area contributed by atoms with E-state index in [1.165, 1.54) is 5.56 Å². The zero-order valence-corrected chi connectivity index (χ0v) is 18.5. The number of benzene rings is 1. The predicted molar refractivity (Wildman–Crippen MR) is 119 cm³/mol. The molecule has 0 aliphatic carbocycles. The van der Waals surface area contributed by atoms with Gasteiger partial charge in [0.15, 0.2) is 11.7 Å². The van der Waals surface area contributed by atoms with Crippen molar-refractivity contribution in [2.75, 3.05) is 18.9 Å². The van der Waals surface area contributed by atoms with Crippen LogP contribution in [-0.2, 0) is 17.8 Å². The fourth-order valence-electron chi connectivity index (χ4n) is 2.31. The van der Waals surface area contributed by atoms with E-state index in [0.717, 1.165) is 23.6 Å². The number of hydrogen-bond acceptors (Lipinski definition) is 4. The number of carbonyl (C=O) groups is 1. The molecule has 0 aliphatic rings. The molecule has 0 bridgehead atoms. The highest BCUT2D eigenvalue weighted by molar-refractivity contribution is 14.0. The Morgan fingerprint density at radius 1 is 1.26 bits per heavy atom. The molecule has 0 fully saturated rings. The highest BCUT2D eigenvalue weighted by Gasteiger charge is 2.09. The van der Waals surface area contributed by atoms with E-state index in [4.69, 9.17) is 4.52 Å². The van der Waals surface area contributed by atoms with Crippen LogP contribution in [0, 0.1) is 0 Å². The number of aryl methyl sites for hydroxylation is 1. The Hall–Kier alpha value is -2.10. The molecule has 1 heterocycles. The van der Waals surface area contributed by atoms with Crippen molar-refractivity contribution in [1.82, 2.24) is 15.8 Å². The van der Waals surface area contributed by atoms with E-state index < -0.39 is 0 Å². The van der Waals surface area contributed by atoms with Crippen LogP contribution in [0.2, 0.25) is 0 Å². The SMILES string of the molecule is CCc1cccc(NC(=O)CNC(=NC)NCc2cc(C(C)C)no2)c1.I. The number of aromatic nitrogens is 1. The zero-order chi connectivity index (χ0) is 18.9. The Morgan fingerprint density at radius 3 is 2.67 bits per heavy atom. The van der Waals surface area contributed by atoms with Crippen LogP contribution in [0.3, 0.4) is 0 Å². The number of guanidine groups is 1. The van der Waals surface area contributed by atoms with Gasteiger partial charge in [-0.3, -0.25) is 9.79 Å². The van der Waals surface area contributed by atoms with Crippen LogP contribution in [-0.4, -0.2) is 30.6 Å². The molecule has 0 atom stereocenters. The Labute approximate surface area is 177 Å². The van der Waals surface area contributed by atoms with Crippen LogP contribution >= 0.6 is 24.0 Å². The van der Waals surface area contributed by atoms with Crippen LogP contribution in [0.1, 0.15) is 43.7 Å². The molecule has 27 heavy (non-hydrogen) atoms. The molecule has 2 aromatic rings. The minimum atomic E-state index is -0.136. The second-order valence-electron chi connectivity index (χ2n) is 6.25. The molecule has 7 nitrogen and oxygen atoms in total. The first-order chi connectivity index (χ1) is 12.5. The third kappa shape index (κ3) is 7.58. The van der Waals surface area contributed by atoms with Gasteiger partial charge in [-0.2, -0.15) is 0 Å². The maximum absolute atomic E-state index is 12.1. The summed E-state index contributed by atoms with van der Waals surface area (Å²) >= 11 is 0. The van der Waals surface area contributed by atoms with E-state index >= 15 is 0 Å². The van der Waals surface area contributed by atoms with E-state index in [1.807, 2.05) is 30.3 Å². The lowest BCUT2D eigenvalue weighted by Gasteiger charge is -2.11. The van der Waals surface area contributed by atoms with Crippen LogP contribution in [0.4, 0.5) is 5.69 Å². The van der Waals surface area contributed by atoms with Crippen molar-refractivity contribution >= 4 is 41.5 Å². The molecule has 3 N–H and O–H groups in total. The van der Waals surface area contributed by atoms with Gasteiger partial charge in [0.05, 0.1) is 18.8 Å². The molecular formula is C19H28IN5O2. The molecule has 1 aromatic carbocycles. The van der Waals surface area contributed by atoms with E-state index in [0.29, 0.717) is 18.4 Å². The van der Waals surface area contributed by atoms with E-state index in [9.17, 15) is 4.79 Å². The average molecular weight is 485 g/mol. The summed E-state index contributed by atoms with van der Waals surface area (Å²) in [5, 5.41) is 13.0. The molecule has 1 amide bonds. The highest BCUT2D eigenvalue weighted by atomic mass is 127. The fraction of sp³-hybridized carbons (Fsp3) is 0.421. The summed E-state index contributed by atoms with van der Waals surface area (Å²) in [4.78, 5) is 16.2. The lowest BCUT2D eigenvalue weighted by Crippen LogP contribution is -2.41. The summed E-state index contributed by atoms with van der Waals surface area (Å²) in [7, 11) is 1.65. The standard InChI is InChI=1S/C19H27N5O2.HI/c1-5-14-7-6-8-15(9-14)23-18(25)12-22-19(20-4)21-11-16-10-17(13(2)3)24-26-16;/h6-10,13H,5,11-12H2,1-4H3,(H,23,25)(H2,20,21,22);1H. The number of nitrogens with one attached hydrogen (secondary N) is 3. The molecule has 0 saturated heterocycles. The molecule has 0 spiro atoms. The summed E-state index contributed by atoms with van der Waals surface area (Å²) in [6.45, 7) is 6.76. The molecule has 1 aromatic heterocycles. The Bertz CT molecular complexity index is 758. The van der Waals surface area contributed by atoms with Crippen LogP contribution in [0.5, 0.6) is 0 Å². The topological polar surface area (TPSA) is 91.5 Å². The molecule has 0 aliphatic heterocycles. The summed E-state index contributed by atoms with van der Waals surface area (Å²) < 4.78 is 5.27. The van der Waals surface area contributed by atoms with Gasteiger partial charge in [0.2, 0.25) is 5.91 Å². The van der Waals surface area contributed by atoms with Gasteiger partial charge in [-0.1, -0.05) is 38.1 Å². The average Bonchev–Trinajstić information content (AvgIpc) is 3.11. The Balaban J connectivity index is 0.00000364. The second-order valence-corrected chi connectivity index (χ2v) is 6.25. The van der Waals surface area contributed by atoms with Crippen molar-refractivity contribution < 1.29 is 9.32 Å². The maximum Gasteiger partial charge on any atom is 0.243 e. The first-order valence-corrected chi connectivity index (χ1v) is 8.80. The predicted octanol–water partition coefficient (Wildman–Crippen LogP) is 3.28. The number of anilines is 1. The van der Waals surface area contributed by atoms with Crippen molar-refractivity contribution in [3.63, 3.8) is 0 Å². The van der Waals surface area contributed by atoms with Gasteiger partial charge in [0.1, 0.15) is 0 Å². The zero-order valence-electron chi connectivity index (χ0n) is 16.2. The Morgan fingerprint density at radius 2 is 2.04 bits per heavy atom. The maximum atomic E-state index is 12.1. The quantitative estimate of drug-likeness (QED) is 0.318. The number of carbonyl (C=O) groups excluding carboxylic acids is 1. The van der Waals surface area contributed by atoms with Gasteiger partial charge in [-0.25, -0.2) is 0 Å². The summed E-state index contributed by atoms with van der Waals surface area (Å²) in [6.07, 6.45) is 0.929. The summed E-state index contributed by atoms with van der Waals surface area (Å²) in [6, 6.07) is 9.74. The van der Waals surface area contributed by atoms with Gasteiger partial charge in [0, 0.05) is 18.8 Å². The fourth-order valence-corrected chi connectivity index (χ4v) is 2.31. The lowest BCUT2D eigenvalue weighted by atomic mass is 10.1. The molecule has 8 heteroatoms. The van der Waals surface area contributed by atoms with E-state index in [-0.39, 0.29) is 36.4 Å². The van der Waals surface area contributed by atoms with E-state index in [1.54, 1.807) is 7.05 Å². The summed E-state index contributed by atoms with van der Waals surface area (Å²) in [5.74, 6) is 1.42. The van der Waals surface area contributed by atoms with Crippen LogP contribution in [0.25, 0.3) is 0 Å². The second kappa shape index (κ2) is 11.6. The van der Waals surface area contributed by atoms with Gasteiger partial charge >= 0.3 is 0 Å². The van der Waals surface area contributed by atoms with Crippen molar-refractivity contribution in [2.24, 2.45) is 4.99 Å². The van der Waals surface area contributed by atoms with Crippen molar-refractivity contribution in [2.45, 2.75) is 39.7 Å². The van der Waals surface area contributed by atoms with Crippen molar-refractivity contribution in [3.8, 4) is 0 Å². The van der Waals surface area contributed by atoms with Crippen molar-refractivity contribution in [3.05, 3.63) is 47.3 Å². The van der Waals surface area contributed by atoms with Gasteiger partial charge in [0.25, 0.3) is 0 Å². The number of amides is 1. The third-order valence-electron chi connectivity index (χ3n) is 3.86. The molecule has 0 radical (unpaired) electrons. The minimum absolute atomic E-state index is 0. The first-order valence-electron chi connectivity index (χ1n) is 8.80. The monoisotopic (exact) mass is 485 g/mol. The van der Waals surface area contributed by atoms with Crippen LogP contribution < -0.4 is 16.0 Å². The van der Waals surface area contributed by atoms with Gasteiger partial charge < -0.3 is 20.5 Å². The molecular weight excluding hydrogens is 457 g/mol. The Kier molecular flexibility index (Phi) is 9.84. The number of halogens is 1. The normalized spacial score (nSPS) is 11.1. The summed E-state index contributed by atoms with van der Waals surface area (Å²) in [5.41, 5.74) is 2.89. The number of aliphatic imine (C=N–C) groups is 1. The number of hydrogen-bond donors (Lipinski definition) is 3. The largest absolute Gasteiger partial charge is 0.359 e. The minimum Gasteiger partial charge on any atom is -0.359 e.